The highest BCUT2D eigenvalue weighted by molar-refractivity contribution is 6.02. The van der Waals surface area contributed by atoms with E-state index in [0.29, 0.717) is 17.5 Å². The van der Waals surface area contributed by atoms with E-state index in [1.54, 1.807) is 12.1 Å². The summed E-state index contributed by atoms with van der Waals surface area (Å²) in [5.41, 5.74) is 1.88. The fourth-order valence-electron chi connectivity index (χ4n) is 2.27. The Kier molecular flexibility index (Phi) is 4.69. The molecule has 1 aromatic heterocycles. The minimum Gasteiger partial charge on any atom is -0.478 e. The summed E-state index contributed by atoms with van der Waals surface area (Å²) in [7, 11) is 2.03. The lowest BCUT2D eigenvalue weighted by Gasteiger charge is -2.16. The molecular weight excluding hydrogens is 252 g/mol. The van der Waals surface area contributed by atoms with Crippen molar-refractivity contribution in [2.24, 2.45) is 0 Å². The first-order valence-electron chi connectivity index (χ1n) is 6.92. The first-order chi connectivity index (χ1) is 9.61. The van der Waals surface area contributed by atoms with Gasteiger partial charge in [-0.2, -0.15) is 0 Å². The molecule has 0 saturated carbocycles. The van der Waals surface area contributed by atoms with Gasteiger partial charge < -0.3 is 10.0 Å². The summed E-state index contributed by atoms with van der Waals surface area (Å²) in [6.45, 7) is 3.82. The standard InChI is InChI=1S/C16H20N2O2/c1-3-4-9-18(2)11-12-10-14(16(19)20)13-7-5-6-8-15(13)17-12/h5-8,10H,3-4,9,11H2,1-2H3,(H,19,20). The molecule has 1 heterocycles. The third-order valence-corrected chi connectivity index (χ3v) is 3.32. The fraction of sp³-hybridized carbons (Fsp3) is 0.375. The molecular formula is C16H20N2O2. The molecule has 0 aliphatic heterocycles. The van der Waals surface area contributed by atoms with E-state index in [0.717, 1.165) is 30.6 Å². The van der Waals surface area contributed by atoms with Crippen molar-refractivity contribution >= 4 is 16.9 Å². The molecule has 0 unspecified atom stereocenters. The molecule has 4 heteroatoms. The van der Waals surface area contributed by atoms with Crippen LogP contribution in [0.15, 0.2) is 30.3 Å². The first-order valence-corrected chi connectivity index (χ1v) is 6.92. The van der Waals surface area contributed by atoms with Gasteiger partial charge in [0.1, 0.15) is 0 Å². The second-order valence-corrected chi connectivity index (χ2v) is 5.07. The van der Waals surface area contributed by atoms with Crippen molar-refractivity contribution in [2.45, 2.75) is 26.3 Å². The van der Waals surface area contributed by atoms with Crippen LogP contribution in [0.5, 0.6) is 0 Å². The SMILES string of the molecule is CCCCN(C)Cc1cc(C(=O)O)c2ccccc2n1. The quantitative estimate of drug-likeness (QED) is 0.877. The summed E-state index contributed by atoms with van der Waals surface area (Å²) in [5, 5.41) is 10.0. The Balaban J connectivity index is 2.32. The van der Waals surface area contributed by atoms with E-state index in [1.165, 1.54) is 0 Å². The molecule has 1 aromatic carbocycles. The van der Waals surface area contributed by atoms with Crippen LogP contribution < -0.4 is 0 Å². The average Bonchev–Trinajstić information content (AvgIpc) is 2.44. The summed E-state index contributed by atoms with van der Waals surface area (Å²) < 4.78 is 0. The topological polar surface area (TPSA) is 53.4 Å². The Bertz CT molecular complexity index is 610. The highest BCUT2D eigenvalue weighted by Gasteiger charge is 2.12. The summed E-state index contributed by atoms with van der Waals surface area (Å²) in [6, 6.07) is 9.07. The molecule has 0 radical (unpaired) electrons. The number of rotatable bonds is 6. The Morgan fingerprint density at radius 2 is 2.10 bits per heavy atom. The zero-order chi connectivity index (χ0) is 14.5. The second-order valence-electron chi connectivity index (χ2n) is 5.07. The van der Waals surface area contributed by atoms with Crippen LogP contribution in [-0.2, 0) is 6.54 Å². The van der Waals surface area contributed by atoms with Gasteiger partial charge in [0.15, 0.2) is 0 Å². The van der Waals surface area contributed by atoms with Crippen molar-refractivity contribution in [3.05, 3.63) is 41.6 Å². The zero-order valence-corrected chi connectivity index (χ0v) is 12.0. The largest absolute Gasteiger partial charge is 0.478 e. The van der Waals surface area contributed by atoms with Crippen molar-refractivity contribution in [1.29, 1.82) is 0 Å². The van der Waals surface area contributed by atoms with E-state index in [1.807, 2.05) is 25.2 Å². The fourth-order valence-corrected chi connectivity index (χ4v) is 2.27. The molecule has 0 bridgehead atoms. The highest BCUT2D eigenvalue weighted by atomic mass is 16.4. The summed E-state index contributed by atoms with van der Waals surface area (Å²) in [5.74, 6) is -0.902. The normalized spacial score (nSPS) is 11.2. The Hall–Kier alpha value is -1.94. The van der Waals surface area contributed by atoms with Gasteiger partial charge in [0.05, 0.1) is 16.8 Å². The van der Waals surface area contributed by atoms with Gasteiger partial charge in [0.25, 0.3) is 0 Å². The number of unbranched alkanes of at least 4 members (excludes halogenated alkanes) is 1. The van der Waals surface area contributed by atoms with Crippen molar-refractivity contribution in [3.63, 3.8) is 0 Å². The first kappa shape index (κ1) is 14.5. The van der Waals surface area contributed by atoms with Crippen LogP contribution in [0.2, 0.25) is 0 Å². The lowest BCUT2D eigenvalue weighted by atomic mass is 10.1. The van der Waals surface area contributed by atoms with E-state index in [-0.39, 0.29) is 0 Å². The number of carboxylic acids is 1. The van der Waals surface area contributed by atoms with Crippen molar-refractivity contribution in [1.82, 2.24) is 9.88 Å². The lowest BCUT2D eigenvalue weighted by Crippen LogP contribution is -2.20. The number of pyridine rings is 1. The van der Waals surface area contributed by atoms with Gasteiger partial charge in [0, 0.05) is 11.9 Å². The maximum Gasteiger partial charge on any atom is 0.336 e. The zero-order valence-electron chi connectivity index (χ0n) is 12.0. The van der Waals surface area contributed by atoms with Gasteiger partial charge >= 0.3 is 5.97 Å². The molecule has 106 valence electrons. The minimum atomic E-state index is -0.902. The summed E-state index contributed by atoms with van der Waals surface area (Å²) >= 11 is 0. The maximum atomic E-state index is 11.4. The molecule has 2 rings (SSSR count). The number of aromatic nitrogens is 1. The van der Waals surface area contributed by atoms with Gasteiger partial charge in [-0.25, -0.2) is 4.79 Å². The van der Waals surface area contributed by atoms with E-state index in [4.69, 9.17) is 0 Å². The monoisotopic (exact) mass is 272 g/mol. The Morgan fingerprint density at radius 1 is 1.35 bits per heavy atom. The van der Waals surface area contributed by atoms with Crippen LogP contribution in [0, 0.1) is 0 Å². The van der Waals surface area contributed by atoms with E-state index in [9.17, 15) is 9.90 Å². The third kappa shape index (κ3) is 3.33. The van der Waals surface area contributed by atoms with Crippen LogP contribution in [0.25, 0.3) is 10.9 Å². The number of fused-ring (bicyclic) bond motifs is 1. The van der Waals surface area contributed by atoms with Gasteiger partial charge in [-0.05, 0) is 32.1 Å². The van der Waals surface area contributed by atoms with E-state index < -0.39 is 5.97 Å². The number of hydrogen-bond donors (Lipinski definition) is 1. The molecule has 0 fully saturated rings. The number of benzene rings is 1. The molecule has 0 atom stereocenters. The van der Waals surface area contributed by atoms with E-state index in [2.05, 4.69) is 16.8 Å². The van der Waals surface area contributed by atoms with Crippen LogP contribution in [0.1, 0.15) is 35.8 Å². The number of hydrogen-bond acceptors (Lipinski definition) is 3. The van der Waals surface area contributed by atoms with Crippen LogP contribution >= 0.6 is 0 Å². The van der Waals surface area contributed by atoms with Crippen molar-refractivity contribution in [2.75, 3.05) is 13.6 Å². The van der Waals surface area contributed by atoms with Crippen LogP contribution in [0.4, 0.5) is 0 Å². The molecule has 0 spiro atoms. The minimum absolute atomic E-state index is 0.328. The van der Waals surface area contributed by atoms with Gasteiger partial charge in [-0.15, -0.1) is 0 Å². The molecule has 4 nitrogen and oxygen atoms in total. The highest BCUT2D eigenvalue weighted by Crippen LogP contribution is 2.19. The number of carboxylic acid groups (broad SMARTS) is 1. The van der Waals surface area contributed by atoms with Crippen molar-refractivity contribution in [3.8, 4) is 0 Å². The molecule has 0 aliphatic carbocycles. The number of nitrogens with zero attached hydrogens (tertiary/aromatic N) is 2. The molecule has 0 aliphatic rings. The molecule has 0 saturated heterocycles. The van der Waals surface area contributed by atoms with Crippen LogP contribution in [-0.4, -0.2) is 34.6 Å². The van der Waals surface area contributed by atoms with Crippen LogP contribution in [0.3, 0.4) is 0 Å². The predicted octanol–water partition coefficient (Wildman–Crippen LogP) is 3.16. The molecule has 2 aromatic rings. The summed E-state index contributed by atoms with van der Waals surface area (Å²) in [4.78, 5) is 18.1. The lowest BCUT2D eigenvalue weighted by molar-refractivity contribution is 0.0698. The summed E-state index contributed by atoms with van der Waals surface area (Å²) in [6.07, 6.45) is 2.28. The van der Waals surface area contributed by atoms with Gasteiger partial charge in [-0.1, -0.05) is 31.5 Å². The average molecular weight is 272 g/mol. The Morgan fingerprint density at radius 3 is 2.80 bits per heavy atom. The van der Waals surface area contributed by atoms with Gasteiger partial charge in [0.2, 0.25) is 0 Å². The molecule has 1 N–H and O–H groups in total. The van der Waals surface area contributed by atoms with Crippen molar-refractivity contribution < 1.29 is 9.90 Å². The number of aromatic carboxylic acids is 1. The number of para-hydroxylation sites is 1. The predicted molar refractivity (Wildman–Crippen MR) is 79.9 cm³/mol. The molecule has 0 amide bonds. The second kappa shape index (κ2) is 6.48. The molecule has 20 heavy (non-hydrogen) atoms. The van der Waals surface area contributed by atoms with E-state index >= 15 is 0 Å². The smallest absolute Gasteiger partial charge is 0.336 e. The number of carbonyl (C=O) groups is 1. The third-order valence-electron chi connectivity index (χ3n) is 3.32. The van der Waals surface area contributed by atoms with Gasteiger partial charge in [-0.3, -0.25) is 4.98 Å². The Labute approximate surface area is 119 Å². The maximum absolute atomic E-state index is 11.4.